The standard InChI is InChI=1S/C19H22N2O3/c1-13-6-3-7-14(2)21(13)19(23)15-8-4-9-16(12-15)20-18(22)17-10-5-11-24-17/h4-5,8-14H,3,6-7H2,1-2H3,(H,20,22). The number of anilines is 1. The van der Waals surface area contributed by atoms with Gasteiger partial charge in [-0.15, -0.1) is 0 Å². The first-order chi connectivity index (χ1) is 11.6. The van der Waals surface area contributed by atoms with E-state index in [2.05, 4.69) is 19.2 Å². The Balaban J connectivity index is 1.77. The molecule has 1 saturated heterocycles. The molecule has 0 bridgehead atoms. The molecule has 0 radical (unpaired) electrons. The van der Waals surface area contributed by atoms with Crippen molar-refractivity contribution in [2.45, 2.75) is 45.2 Å². The summed E-state index contributed by atoms with van der Waals surface area (Å²) in [5.41, 5.74) is 1.17. The van der Waals surface area contributed by atoms with Crippen LogP contribution in [0.2, 0.25) is 0 Å². The van der Waals surface area contributed by atoms with Gasteiger partial charge < -0.3 is 14.6 Å². The van der Waals surface area contributed by atoms with Gasteiger partial charge in [-0.1, -0.05) is 6.07 Å². The normalized spacial score (nSPS) is 20.7. The lowest BCUT2D eigenvalue weighted by molar-refractivity contribution is 0.0510. The number of carbonyl (C=O) groups excluding carboxylic acids is 2. The lowest BCUT2D eigenvalue weighted by Gasteiger charge is -2.39. The van der Waals surface area contributed by atoms with E-state index in [-0.39, 0.29) is 29.7 Å². The molecule has 1 aromatic heterocycles. The van der Waals surface area contributed by atoms with E-state index in [4.69, 9.17) is 4.42 Å². The van der Waals surface area contributed by atoms with Crippen LogP contribution in [0, 0.1) is 0 Å². The minimum absolute atomic E-state index is 0.0174. The second kappa shape index (κ2) is 6.91. The fourth-order valence-corrected chi connectivity index (χ4v) is 3.30. The Morgan fingerprint density at radius 3 is 2.54 bits per heavy atom. The Labute approximate surface area is 141 Å². The molecule has 2 unspecified atom stereocenters. The summed E-state index contributed by atoms with van der Waals surface area (Å²) in [5.74, 6) is -0.0712. The SMILES string of the molecule is CC1CCCC(C)N1C(=O)c1cccc(NC(=O)c2ccco2)c1. The van der Waals surface area contributed by atoms with Crippen molar-refractivity contribution in [2.75, 3.05) is 5.32 Å². The van der Waals surface area contributed by atoms with Gasteiger partial charge in [0.25, 0.3) is 11.8 Å². The zero-order valence-electron chi connectivity index (χ0n) is 14.0. The minimum Gasteiger partial charge on any atom is -0.459 e. The third kappa shape index (κ3) is 3.35. The van der Waals surface area contributed by atoms with E-state index in [0.29, 0.717) is 11.3 Å². The average Bonchev–Trinajstić information content (AvgIpc) is 3.09. The predicted molar refractivity (Wildman–Crippen MR) is 92.0 cm³/mol. The number of furan rings is 1. The van der Waals surface area contributed by atoms with Crippen LogP contribution < -0.4 is 5.32 Å². The van der Waals surface area contributed by atoms with Crippen molar-refractivity contribution >= 4 is 17.5 Å². The Morgan fingerprint density at radius 1 is 1.12 bits per heavy atom. The first kappa shape index (κ1) is 16.3. The summed E-state index contributed by atoms with van der Waals surface area (Å²) in [5, 5.41) is 2.76. The minimum atomic E-state index is -0.329. The number of carbonyl (C=O) groups is 2. The second-order valence-corrected chi connectivity index (χ2v) is 6.35. The molecule has 5 nitrogen and oxygen atoms in total. The smallest absolute Gasteiger partial charge is 0.291 e. The number of piperidine rings is 1. The predicted octanol–water partition coefficient (Wildman–Crippen LogP) is 3.94. The van der Waals surface area contributed by atoms with Gasteiger partial charge in [-0.2, -0.15) is 0 Å². The molecule has 3 rings (SSSR count). The lowest BCUT2D eigenvalue weighted by Crippen LogP contribution is -2.47. The first-order valence-electron chi connectivity index (χ1n) is 8.34. The molecule has 24 heavy (non-hydrogen) atoms. The maximum absolute atomic E-state index is 12.9. The molecule has 2 aromatic rings. The lowest BCUT2D eigenvalue weighted by atomic mass is 9.96. The quantitative estimate of drug-likeness (QED) is 0.929. The highest BCUT2D eigenvalue weighted by molar-refractivity contribution is 6.03. The highest BCUT2D eigenvalue weighted by Crippen LogP contribution is 2.25. The van der Waals surface area contributed by atoms with Gasteiger partial charge in [-0.05, 0) is 63.4 Å². The molecule has 0 saturated carbocycles. The topological polar surface area (TPSA) is 62.6 Å². The molecule has 2 heterocycles. The van der Waals surface area contributed by atoms with E-state index in [1.54, 1.807) is 36.4 Å². The molecule has 2 amide bonds. The summed E-state index contributed by atoms with van der Waals surface area (Å²) in [6.45, 7) is 4.19. The zero-order chi connectivity index (χ0) is 17.1. The van der Waals surface area contributed by atoms with Gasteiger partial charge in [0.05, 0.1) is 6.26 Å². The van der Waals surface area contributed by atoms with Gasteiger partial charge in [0.15, 0.2) is 5.76 Å². The number of nitrogens with zero attached hydrogens (tertiary/aromatic N) is 1. The zero-order valence-corrected chi connectivity index (χ0v) is 14.0. The van der Waals surface area contributed by atoms with Gasteiger partial charge in [-0.3, -0.25) is 9.59 Å². The molecule has 1 N–H and O–H groups in total. The molecule has 1 aliphatic rings. The Hall–Kier alpha value is -2.56. The largest absolute Gasteiger partial charge is 0.459 e. The van der Waals surface area contributed by atoms with Crippen LogP contribution in [-0.4, -0.2) is 28.8 Å². The fourth-order valence-electron chi connectivity index (χ4n) is 3.30. The molecule has 5 heteroatoms. The van der Waals surface area contributed by atoms with E-state index in [1.807, 2.05) is 4.90 Å². The van der Waals surface area contributed by atoms with Crippen LogP contribution in [0.15, 0.2) is 47.1 Å². The van der Waals surface area contributed by atoms with Crippen molar-refractivity contribution in [3.8, 4) is 0 Å². The molecule has 126 valence electrons. The number of hydrogen-bond acceptors (Lipinski definition) is 3. The number of rotatable bonds is 3. The van der Waals surface area contributed by atoms with Gasteiger partial charge in [0, 0.05) is 23.3 Å². The van der Waals surface area contributed by atoms with Crippen LogP contribution in [-0.2, 0) is 0 Å². The van der Waals surface area contributed by atoms with Crippen molar-refractivity contribution in [3.05, 3.63) is 54.0 Å². The van der Waals surface area contributed by atoms with Crippen molar-refractivity contribution in [2.24, 2.45) is 0 Å². The maximum Gasteiger partial charge on any atom is 0.291 e. The van der Waals surface area contributed by atoms with Crippen LogP contribution in [0.1, 0.15) is 54.0 Å². The van der Waals surface area contributed by atoms with Crippen LogP contribution in [0.3, 0.4) is 0 Å². The Kier molecular flexibility index (Phi) is 4.69. The van der Waals surface area contributed by atoms with E-state index in [0.717, 1.165) is 19.3 Å². The Morgan fingerprint density at radius 2 is 1.88 bits per heavy atom. The molecule has 0 spiro atoms. The number of nitrogens with one attached hydrogen (secondary N) is 1. The van der Waals surface area contributed by atoms with Gasteiger partial charge in [-0.25, -0.2) is 0 Å². The molecular formula is C19H22N2O3. The molecule has 2 atom stereocenters. The van der Waals surface area contributed by atoms with Crippen molar-refractivity contribution in [3.63, 3.8) is 0 Å². The summed E-state index contributed by atoms with van der Waals surface area (Å²) < 4.78 is 5.08. The number of likely N-dealkylation sites (tertiary alicyclic amines) is 1. The van der Waals surface area contributed by atoms with Gasteiger partial charge in [0.1, 0.15) is 0 Å². The molecular weight excluding hydrogens is 304 g/mol. The number of benzene rings is 1. The van der Waals surface area contributed by atoms with E-state index in [9.17, 15) is 9.59 Å². The molecule has 0 aliphatic carbocycles. The first-order valence-corrected chi connectivity index (χ1v) is 8.34. The fraction of sp³-hybridized carbons (Fsp3) is 0.368. The second-order valence-electron chi connectivity index (χ2n) is 6.35. The maximum atomic E-state index is 12.9. The highest BCUT2D eigenvalue weighted by Gasteiger charge is 2.29. The van der Waals surface area contributed by atoms with Gasteiger partial charge in [0.2, 0.25) is 0 Å². The highest BCUT2D eigenvalue weighted by atomic mass is 16.3. The number of amides is 2. The average molecular weight is 326 g/mol. The molecule has 1 aromatic carbocycles. The van der Waals surface area contributed by atoms with Crippen molar-refractivity contribution in [1.82, 2.24) is 4.90 Å². The van der Waals surface area contributed by atoms with Gasteiger partial charge >= 0.3 is 0 Å². The van der Waals surface area contributed by atoms with Crippen LogP contribution in [0.25, 0.3) is 0 Å². The van der Waals surface area contributed by atoms with E-state index in [1.165, 1.54) is 6.26 Å². The Bertz CT molecular complexity index is 714. The number of hydrogen-bond donors (Lipinski definition) is 1. The monoisotopic (exact) mass is 326 g/mol. The summed E-state index contributed by atoms with van der Waals surface area (Å²) in [7, 11) is 0. The van der Waals surface area contributed by atoms with Crippen LogP contribution in [0.4, 0.5) is 5.69 Å². The van der Waals surface area contributed by atoms with Crippen molar-refractivity contribution < 1.29 is 14.0 Å². The third-order valence-electron chi connectivity index (χ3n) is 4.54. The van der Waals surface area contributed by atoms with Crippen molar-refractivity contribution in [1.29, 1.82) is 0 Å². The van der Waals surface area contributed by atoms with Crippen LogP contribution >= 0.6 is 0 Å². The molecule has 1 fully saturated rings. The van der Waals surface area contributed by atoms with Crippen LogP contribution in [0.5, 0.6) is 0 Å². The summed E-state index contributed by atoms with van der Waals surface area (Å²) in [6.07, 6.45) is 4.68. The van der Waals surface area contributed by atoms with E-state index >= 15 is 0 Å². The van der Waals surface area contributed by atoms with E-state index < -0.39 is 0 Å². The molecule has 1 aliphatic heterocycles. The third-order valence-corrected chi connectivity index (χ3v) is 4.54. The summed E-state index contributed by atoms with van der Waals surface area (Å²) in [4.78, 5) is 26.9. The summed E-state index contributed by atoms with van der Waals surface area (Å²) in [6, 6.07) is 10.8. The summed E-state index contributed by atoms with van der Waals surface area (Å²) >= 11 is 0.